The van der Waals surface area contributed by atoms with Gasteiger partial charge >= 0.3 is 0 Å². The van der Waals surface area contributed by atoms with Crippen LogP contribution in [0.15, 0.2) is 48.5 Å². The normalized spacial score (nSPS) is 10.9. The first-order valence-corrected chi connectivity index (χ1v) is 10.9. The van der Waals surface area contributed by atoms with E-state index in [2.05, 4.69) is 15.3 Å². The van der Waals surface area contributed by atoms with E-state index in [1.165, 1.54) is 18.4 Å². The van der Waals surface area contributed by atoms with E-state index in [1.54, 1.807) is 31.4 Å². The van der Waals surface area contributed by atoms with Crippen LogP contribution in [0, 0.1) is 6.92 Å². The van der Waals surface area contributed by atoms with Crippen molar-refractivity contribution in [2.24, 2.45) is 0 Å². The summed E-state index contributed by atoms with van der Waals surface area (Å²) in [5.74, 6) is 1.60. The molecular formula is C23H20ClN3O4S. The van der Waals surface area contributed by atoms with Gasteiger partial charge in [-0.3, -0.25) is 4.79 Å². The monoisotopic (exact) mass is 469 g/mol. The lowest BCUT2D eigenvalue weighted by atomic mass is 10.2. The van der Waals surface area contributed by atoms with Gasteiger partial charge in [-0.1, -0.05) is 35.9 Å². The number of carbonyl (C=O) groups excluding carboxylic acids is 1. The van der Waals surface area contributed by atoms with Crippen molar-refractivity contribution in [3.8, 4) is 17.4 Å². The number of hydrogen-bond donors (Lipinski definition) is 1. The number of carbonyl (C=O) groups is 1. The van der Waals surface area contributed by atoms with Crippen molar-refractivity contribution in [1.29, 1.82) is 0 Å². The minimum Gasteiger partial charge on any atom is -0.480 e. The summed E-state index contributed by atoms with van der Waals surface area (Å²) in [4.78, 5) is 23.2. The number of hydrogen-bond acceptors (Lipinski definition) is 7. The number of thiophene rings is 1. The second-order valence-electron chi connectivity index (χ2n) is 6.80. The number of halogens is 1. The number of fused-ring (bicyclic) bond motifs is 1. The molecule has 0 aliphatic rings. The molecule has 7 nitrogen and oxygen atoms in total. The third-order valence-electron chi connectivity index (χ3n) is 4.67. The molecule has 0 saturated heterocycles. The summed E-state index contributed by atoms with van der Waals surface area (Å²) >= 11 is 7.49. The highest BCUT2D eigenvalue weighted by molar-refractivity contribution is 7.20. The maximum Gasteiger partial charge on any atom is 0.266 e. The molecule has 9 heteroatoms. The Morgan fingerprint density at radius 3 is 2.50 bits per heavy atom. The lowest BCUT2D eigenvalue weighted by molar-refractivity contribution is 0.102. The first-order chi connectivity index (χ1) is 15.5. The topological polar surface area (TPSA) is 82.6 Å². The van der Waals surface area contributed by atoms with E-state index in [0.717, 1.165) is 5.56 Å². The molecule has 1 N–H and O–H groups in total. The molecule has 4 rings (SSSR count). The van der Waals surface area contributed by atoms with Crippen LogP contribution in [0.2, 0.25) is 5.02 Å². The van der Waals surface area contributed by atoms with Gasteiger partial charge in [0, 0.05) is 7.11 Å². The van der Waals surface area contributed by atoms with Crippen LogP contribution in [0.5, 0.6) is 17.4 Å². The Bertz CT molecular complexity index is 1290. The van der Waals surface area contributed by atoms with Gasteiger partial charge in [-0.15, -0.1) is 11.3 Å². The molecule has 2 aromatic carbocycles. The SMILES string of the molecule is COCc1nc(OC)c2c(C)c(C(=O)Nc3ccccc3Oc3ccccc3Cl)sc2n1. The zero-order valence-corrected chi connectivity index (χ0v) is 19.2. The van der Waals surface area contributed by atoms with E-state index in [0.29, 0.717) is 49.0 Å². The van der Waals surface area contributed by atoms with Crippen molar-refractivity contribution >= 4 is 44.7 Å². The third-order valence-corrected chi connectivity index (χ3v) is 6.16. The number of aromatic nitrogens is 2. The number of anilines is 1. The molecule has 2 aromatic heterocycles. The van der Waals surface area contributed by atoms with Gasteiger partial charge in [0.2, 0.25) is 5.88 Å². The summed E-state index contributed by atoms with van der Waals surface area (Å²) in [6.45, 7) is 2.10. The summed E-state index contributed by atoms with van der Waals surface area (Å²) in [6.07, 6.45) is 0. The fourth-order valence-corrected chi connectivity index (χ4v) is 4.45. The fourth-order valence-electron chi connectivity index (χ4n) is 3.19. The molecule has 4 aromatic rings. The van der Waals surface area contributed by atoms with Crippen LogP contribution in [0.25, 0.3) is 10.2 Å². The number of ether oxygens (including phenoxy) is 3. The van der Waals surface area contributed by atoms with Gasteiger partial charge in [0.05, 0.1) is 28.1 Å². The van der Waals surface area contributed by atoms with Crippen molar-refractivity contribution in [3.63, 3.8) is 0 Å². The van der Waals surface area contributed by atoms with Crippen LogP contribution in [0.4, 0.5) is 5.69 Å². The summed E-state index contributed by atoms with van der Waals surface area (Å²) in [7, 11) is 3.11. The van der Waals surface area contributed by atoms with E-state index in [9.17, 15) is 4.79 Å². The largest absolute Gasteiger partial charge is 0.480 e. The van der Waals surface area contributed by atoms with E-state index in [-0.39, 0.29) is 12.5 Å². The maximum atomic E-state index is 13.2. The number of nitrogens with one attached hydrogen (secondary N) is 1. The minimum atomic E-state index is -0.281. The predicted octanol–water partition coefficient (Wildman–Crippen LogP) is 5.85. The molecule has 0 aliphatic heterocycles. The predicted molar refractivity (Wildman–Crippen MR) is 125 cm³/mol. The summed E-state index contributed by atoms with van der Waals surface area (Å²) in [5, 5.41) is 4.12. The van der Waals surface area contributed by atoms with Crippen molar-refractivity contribution in [2.45, 2.75) is 13.5 Å². The van der Waals surface area contributed by atoms with Crippen molar-refractivity contribution < 1.29 is 19.0 Å². The molecule has 0 saturated carbocycles. The smallest absolute Gasteiger partial charge is 0.266 e. The van der Waals surface area contributed by atoms with Crippen molar-refractivity contribution in [3.05, 3.63) is 69.8 Å². The van der Waals surface area contributed by atoms with Gasteiger partial charge in [-0.25, -0.2) is 4.98 Å². The molecule has 0 fully saturated rings. The molecule has 1 amide bonds. The summed E-state index contributed by atoms with van der Waals surface area (Å²) < 4.78 is 16.5. The minimum absolute atomic E-state index is 0.248. The van der Waals surface area contributed by atoms with Crippen LogP contribution < -0.4 is 14.8 Å². The van der Waals surface area contributed by atoms with E-state index >= 15 is 0 Å². The Morgan fingerprint density at radius 1 is 1.06 bits per heavy atom. The Kier molecular flexibility index (Phi) is 6.55. The second kappa shape index (κ2) is 9.52. The molecule has 0 bridgehead atoms. The molecule has 0 spiro atoms. The lowest BCUT2D eigenvalue weighted by Crippen LogP contribution is -2.12. The highest BCUT2D eigenvalue weighted by Gasteiger charge is 2.22. The summed E-state index contributed by atoms with van der Waals surface area (Å²) in [6, 6.07) is 14.3. The first kappa shape index (κ1) is 22.0. The van der Waals surface area contributed by atoms with Gasteiger partial charge in [0.15, 0.2) is 11.6 Å². The standard InChI is InChI=1S/C23H20ClN3O4S/c1-13-19-22(30-3)26-18(12-29-2)27-23(19)32-20(13)21(28)25-15-9-5-7-11-17(15)31-16-10-6-4-8-14(16)24/h4-11H,12H2,1-3H3,(H,25,28). The average Bonchev–Trinajstić information content (AvgIpc) is 3.13. The van der Waals surface area contributed by atoms with Gasteiger partial charge in [-0.05, 0) is 36.8 Å². The van der Waals surface area contributed by atoms with Gasteiger partial charge in [0.25, 0.3) is 5.91 Å². The zero-order chi connectivity index (χ0) is 22.7. The van der Waals surface area contributed by atoms with E-state index in [4.69, 9.17) is 25.8 Å². The average molecular weight is 470 g/mol. The molecule has 2 heterocycles. The van der Waals surface area contributed by atoms with Crippen molar-refractivity contribution in [1.82, 2.24) is 9.97 Å². The Hall–Kier alpha value is -3.20. The van der Waals surface area contributed by atoms with E-state index < -0.39 is 0 Å². The number of nitrogens with zero attached hydrogens (tertiary/aromatic N) is 2. The lowest BCUT2D eigenvalue weighted by Gasteiger charge is -2.13. The molecule has 32 heavy (non-hydrogen) atoms. The maximum absolute atomic E-state index is 13.2. The van der Waals surface area contributed by atoms with Gasteiger partial charge < -0.3 is 19.5 Å². The third kappa shape index (κ3) is 4.38. The first-order valence-electron chi connectivity index (χ1n) is 9.67. The number of aryl methyl sites for hydroxylation is 1. The van der Waals surface area contributed by atoms with Gasteiger partial charge in [0.1, 0.15) is 17.2 Å². The molecule has 0 radical (unpaired) electrons. The highest BCUT2D eigenvalue weighted by Crippen LogP contribution is 2.37. The fraction of sp³-hybridized carbons (Fsp3) is 0.174. The summed E-state index contributed by atoms with van der Waals surface area (Å²) in [5.41, 5.74) is 1.26. The number of para-hydroxylation sites is 3. The molecular weight excluding hydrogens is 450 g/mol. The van der Waals surface area contributed by atoms with Gasteiger partial charge in [-0.2, -0.15) is 4.98 Å². The number of benzene rings is 2. The number of rotatable bonds is 7. The zero-order valence-electron chi connectivity index (χ0n) is 17.6. The molecule has 164 valence electrons. The van der Waals surface area contributed by atoms with Crippen LogP contribution >= 0.6 is 22.9 Å². The number of amides is 1. The highest BCUT2D eigenvalue weighted by atomic mass is 35.5. The molecule has 0 atom stereocenters. The Labute approximate surface area is 193 Å². The Morgan fingerprint density at radius 2 is 1.78 bits per heavy atom. The quantitative estimate of drug-likeness (QED) is 0.365. The van der Waals surface area contributed by atoms with Crippen LogP contribution in [-0.4, -0.2) is 30.1 Å². The second-order valence-corrected chi connectivity index (χ2v) is 8.21. The molecule has 0 aliphatic carbocycles. The van der Waals surface area contributed by atoms with Crippen LogP contribution in [0.3, 0.4) is 0 Å². The number of methoxy groups -OCH3 is 2. The van der Waals surface area contributed by atoms with Crippen LogP contribution in [0.1, 0.15) is 21.1 Å². The molecule has 0 unspecified atom stereocenters. The van der Waals surface area contributed by atoms with Crippen molar-refractivity contribution in [2.75, 3.05) is 19.5 Å². The van der Waals surface area contributed by atoms with Crippen LogP contribution in [-0.2, 0) is 11.3 Å². The van der Waals surface area contributed by atoms with E-state index in [1.807, 2.05) is 31.2 Å². The Balaban J connectivity index is 1.66.